The third kappa shape index (κ3) is 20.9. The van der Waals surface area contributed by atoms with Gasteiger partial charge in [-0.2, -0.15) is 0 Å². The van der Waals surface area contributed by atoms with Gasteiger partial charge in [0.05, 0.1) is 69.7 Å². The second kappa shape index (κ2) is 33.8. The molecule has 21 heteroatoms. The van der Waals surface area contributed by atoms with Crippen LogP contribution in [0.5, 0.6) is 0 Å². The average molecular weight is 1250 g/mol. The van der Waals surface area contributed by atoms with Crippen LogP contribution in [0.15, 0.2) is 53.6 Å². The van der Waals surface area contributed by atoms with Gasteiger partial charge in [-0.1, -0.05) is 67.5 Å². The van der Waals surface area contributed by atoms with Crippen LogP contribution in [-0.2, 0) is 82.6 Å². The monoisotopic (exact) mass is 1250 g/mol. The van der Waals surface area contributed by atoms with Gasteiger partial charge in [-0.05, 0) is 136 Å². The van der Waals surface area contributed by atoms with Gasteiger partial charge in [-0.15, -0.1) is 0 Å². The van der Waals surface area contributed by atoms with E-state index in [2.05, 4.69) is 75.0 Å². The molecule has 4 aliphatic heterocycles. The molecule has 0 aromatic heterocycles. The third-order valence-corrected chi connectivity index (χ3v) is 19.0. The molecule has 7 aliphatic rings. The maximum Gasteiger partial charge on any atom is 0.306 e. The van der Waals surface area contributed by atoms with Gasteiger partial charge in [0, 0.05) is 65.6 Å². The molecule has 6 N–H and O–H groups in total. The van der Waals surface area contributed by atoms with Crippen molar-refractivity contribution in [2.75, 3.05) is 73.5 Å². The fraction of sp³-hybridized carbons (Fsp3) is 0.765. The summed E-state index contributed by atoms with van der Waals surface area (Å²) in [6, 6.07) is 8.12. The molecule has 3 aliphatic carbocycles. The van der Waals surface area contributed by atoms with E-state index in [4.69, 9.17) is 53.1 Å². The molecule has 7 fully saturated rings. The SMILES string of the molecule is COC1C(OC(=O)CC2CCC(N)CC2)CC[C@]2(CO2)C1[C@]1(C)O[C@@H]1CC=C(C)C.COC1C(OC(=O)CCCOCCOCCNC(=O)CCN[C@@H](CC(C)C)C(=O)N[C@@H](Cc2ccccc2)C(=O)NCC=O)CC[C@]2(CO2)C1[C@]1(C)O[C@@H]1CC=C(C)C. The van der Waals surface area contributed by atoms with Crippen LogP contribution in [0, 0.1) is 23.7 Å². The zero-order chi connectivity index (χ0) is 64.4. The fourth-order valence-corrected chi connectivity index (χ4v) is 13.9. The summed E-state index contributed by atoms with van der Waals surface area (Å²) in [5.74, 6) is -0.742. The molecule has 14 atom stereocenters. The molecular weight excluding hydrogens is 1140 g/mol. The van der Waals surface area contributed by atoms with Gasteiger partial charge in [0.25, 0.3) is 0 Å². The highest BCUT2D eigenvalue weighted by molar-refractivity contribution is 5.90. The standard InChI is InChI=1S/C44H68N4O11.C24H39NO5/c1-30(2)14-15-36-43(5,59-36)40-39(54-6)35(16-18-44(40)29-57-44)58-38(51)13-10-23-55-25-26-56-24-21-46-37(50)17-19-45-33(27-31(3)4)42(53)48-34(41(52)47-20-22-49)28-32-11-8-7-9-12-32;1-15(2)5-10-19-23(3,30-19)22-21(27-4)18(11-12-24(22)14-28-24)29-20(26)13-16-6-8-17(25)9-7-16/h7-9,11-12,14,22,31,33-36,39-40,45H,10,13,15-21,23-29H2,1-6H3,(H,46,50)(H,47,52)(H,48,53);5,16-19,21-22H,6-14,25H2,1-4H3/t33-,34-,35?,36+,39?,40?,43+,44-;16?,17?,18?,19-,21?,22?,23-,24+/m01/s1. The Bertz CT molecular complexity index is 2510. The summed E-state index contributed by atoms with van der Waals surface area (Å²) >= 11 is 0. The Morgan fingerprint density at radius 3 is 1.75 bits per heavy atom. The molecule has 3 saturated carbocycles. The smallest absolute Gasteiger partial charge is 0.306 e. The first-order chi connectivity index (χ1) is 42.6. The van der Waals surface area contributed by atoms with E-state index >= 15 is 0 Å². The molecule has 0 radical (unpaired) electrons. The van der Waals surface area contributed by atoms with E-state index < -0.39 is 18.0 Å². The lowest BCUT2D eigenvalue weighted by Gasteiger charge is -2.42. The summed E-state index contributed by atoms with van der Waals surface area (Å²) in [6.07, 6.45) is 15.3. The minimum atomic E-state index is -0.868. The number of nitrogens with one attached hydrogen (secondary N) is 4. The number of carbonyl (C=O) groups is 6. The van der Waals surface area contributed by atoms with E-state index in [0.29, 0.717) is 83.5 Å². The molecule has 6 unspecified atom stereocenters. The van der Waals surface area contributed by atoms with Crippen molar-refractivity contribution in [1.82, 2.24) is 21.3 Å². The number of benzene rings is 1. The van der Waals surface area contributed by atoms with Crippen LogP contribution in [0.2, 0.25) is 0 Å². The van der Waals surface area contributed by atoms with Gasteiger partial charge in [0.2, 0.25) is 17.7 Å². The lowest BCUT2D eigenvalue weighted by molar-refractivity contribution is -0.173. The summed E-state index contributed by atoms with van der Waals surface area (Å²) in [5.41, 5.74) is 8.28. The number of methoxy groups -OCH3 is 2. The topological polar surface area (TPSA) is 282 Å². The Balaban J connectivity index is 0.000000312. The molecule has 89 heavy (non-hydrogen) atoms. The van der Waals surface area contributed by atoms with Gasteiger partial charge in [-0.25, -0.2) is 0 Å². The molecule has 4 heterocycles. The number of hydrogen-bond donors (Lipinski definition) is 5. The Hall–Kier alpha value is -4.68. The predicted molar refractivity (Wildman–Crippen MR) is 334 cm³/mol. The van der Waals surface area contributed by atoms with Gasteiger partial charge in [-0.3, -0.25) is 24.0 Å². The number of epoxide rings is 4. The number of allylic oxidation sites excluding steroid dienone is 2. The van der Waals surface area contributed by atoms with E-state index in [-0.39, 0.29) is 133 Å². The van der Waals surface area contributed by atoms with Crippen molar-refractivity contribution in [3.05, 3.63) is 59.2 Å². The van der Waals surface area contributed by atoms with Crippen LogP contribution < -0.4 is 27.0 Å². The number of esters is 2. The second-order valence-electron chi connectivity index (χ2n) is 27.0. The summed E-state index contributed by atoms with van der Waals surface area (Å²) in [6.45, 7) is 19.9. The highest BCUT2D eigenvalue weighted by Crippen LogP contribution is 2.61. The van der Waals surface area contributed by atoms with Gasteiger partial charge in [0.15, 0.2) is 0 Å². The Morgan fingerprint density at radius 2 is 1.24 bits per heavy atom. The second-order valence-corrected chi connectivity index (χ2v) is 27.0. The van der Waals surface area contributed by atoms with Crippen LogP contribution in [0.3, 0.4) is 0 Å². The number of hydrogen-bond acceptors (Lipinski definition) is 18. The van der Waals surface area contributed by atoms with Crippen molar-refractivity contribution < 1.29 is 76.1 Å². The Kier molecular flexibility index (Phi) is 27.2. The van der Waals surface area contributed by atoms with Crippen molar-refractivity contribution >= 4 is 35.9 Å². The zero-order valence-electron chi connectivity index (χ0n) is 54.9. The van der Waals surface area contributed by atoms with Crippen LogP contribution in [0.25, 0.3) is 0 Å². The summed E-state index contributed by atoms with van der Waals surface area (Å²) < 4.78 is 59.6. The van der Waals surface area contributed by atoms with Crippen LogP contribution >= 0.6 is 0 Å². The molecular formula is C68H107N5O16. The van der Waals surface area contributed by atoms with E-state index in [1.165, 1.54) is 11.1 Å². The highest BCUT2D eigenvalue weighted by Gasteiger charge is 2.73. The Labute approximate surface area is 528 Å². The molecule has 1 aromatic rings. The summed E-state index contributed by atoms with van der Waals surface area (Å²) in [5, 5.41) is 11.4. The third-order valence-electron chi connectivity index (χ3n) is 19.0. The maximum atomic E-state index is 13.3. The highest BCUT2D eigenvalue weighted by atomic mass is 16.6. The summed E-state index contributed by atoms with van der Waals surface area (Å²) in [7, 11) is 3.39. The van der Waals surface area contributed by atoms with Crippen molar-refractivity contribution in [1.29, 1.82) is 0 Å². The first-order valence-corrected chi connectivity index (χ1v) is 32.9. The molecule has 21 nitrogen and oxygen atoms in total. The predicted octanol–water partition coefficient (Wildman–Crippen LogP) is 6.49. The maximum absolute atomic E-state index is 13.3. The fourth-order valence-electron chi connectivity index (χ4n) is 13.9. The number of nitrogens with two attached hydrogens (primary N) is 1. The lowest BCUT2D eigenvalue weighted by Crippen LogP contribution is -2.55. The van der Waals surface area contributed by atoms with Crippen LogP contribution in [0.1, 0.15) is 157 Å². The minimum Gasteiger partial charge on any atom is -0.460 e. The Morgan fingerprint density at radius 1 is 0.685 bits per heavy atom. The van der Waals surface area contributed by atoms with E-state index in [1.807, 2.05) is 44.2 Å². The van der Waals surface area contributed by atoms with Crippen LogP contribution in [-0.4, -0.2) is 187 Å². The van der Waals surface area contributed by atoms with Gasteiger partial charge >= 0.3 is 11.9 Å². The van der Waals surface area contributed by atoms with Crippen molar-refractivity contribution in [3.8, 4) is 0 Å². The van der Waals surface area contributed by atoms with E-state index in [0.717, 1.165) is 70.0 Å². The molecule has 4 saturated heterocycles. The van der Waals surface area contributed by atoms with Gasteiger partial charge in [0.1, 0.15) is 59.1 Å². The molecule has 500 valence electrons. The average Bonchev–Trinajstić information content (AvgIpc) is 1.54. The summed E-state index contributed by atoms with van der Waals surface area (Å²) in [4.78, 5) is 75.0. The molecule has 0 bridgehead atoms. The van der Waals surface area contributed by atoms with Gasteiger partial charge < -0.3 is 79.2 Å². The first kappa shape index (κ1) is 71.8. The van der Waals surface area contributed by atoms with E-state index in [1.54, 1.807) is 14.2 Å². The minimum absolute atomic E-state index is 0.0210. The molecule has 8 rings (SSSR count). The molecule has 3 amide bonds. The number of ether oxygens (including phenoxy) is 10. The lowest BCUT2D eigenvalue weighted by atomic mass is 9.68. The number of carbonyl (C=O) groups excluding carboxylic acids is 6. The first-order valence-electron chi connectivity index (χ1n) is 32.9. The van der Waals surface area contributed by atoms with Crippen molar-refractivity contribution in [2.24, 2.45) is 29.4 Å². The van der Waals surface area contributed by atoms with Crippen LogP contribution in [0.4, 0.5) is 0 Å². The molecule has 2 spiro atoms. The largest absolute Gasteiger partial charge is 0.460 e. The van der Waals surface area contributed by atoms with Crippen molar-refractivity contribution in [2.45, 2.75) is 235 Å². The molecule has 1 aromatic carbocycles. The number of rotatable bonds is 35. The zero-order valence-corrected chi connectivity index (χ0v) is 54.9. The normalized spacial score (nSPS) is 32.0. The van der Waals surface area contributed by atoms with Crippen molar-refractivity contribution in [3.63, 3.8) is 0 Å². The number of aldehydes is 1. The quantitative estimate of drug-likeness (QED) is 0.0160. The number of amides is 3. The van der Waals surface area contributed by atoms with E-state index in [9.17, 15) is 28.8 Å².